The molecule has 152 valence electrons. The normalized spacial score (nSPS) is 17.3. The van der Waals surface area contributed by atoms with Gasteiger partial charge in [0.1, 0.15) is 5.82 Å². The number of aromatic nitrogens is 3. The molecular weight excluding hydrogens is 362 g/mol. The standard InChI is InChI=1S/C23H29N5O/c1-23(2,3)13-14-27-18(9-12-22(27)29)15-24-20-10-11-21-25-16-19(28(21)26-20)17-7-5-4-6-8-17/h4-8,10-11,16,18H,9,12-15H2,1-3H3,(H,24,26)/t18-/m0/s1. The Labute approximate surface area is 171 Å². The molecule has 1 N–H and O–H groups in total. The molecule has 0 bridgehead atoms. The Morgan fingerprint density at radius 2 is 1.93 bits per heavy atom. The van der Waals surface area contributed by atoms with Crippen molar-refractivity contribution in [2.24, 2.45) is 5.41 Å². The fourth-order valence-electron chi connectivity index (χ4n) is 3.76. The van der Waals surface area contributed by atoms with Gasteiger partial charge in [-0.25, -0.2) is 9.50 Å². The highest BCUT2D eigenvalue weighted by atomic mass is 16.2. The zero-order valence-corrected chi connectivity index (χ0v) is 17.4. The molecule has 1 aliphatic heterocycles. The van der Waals surface area contributed by atoms with Gasteiger partial charge in [0.25, 0.3) is 0 Å². The lowest BCUT2D eigenvalue weighted by Crippen LogP contribution is -2.39. The Kier molecular flexibility index (Phi) is 5.26. The molecule has 0 saturated carbocycles. The van der Waals surface area contributed by atoms with Gasteiger partial charge in [-0.15, -0.1) is 5.10 Å². The van der Waals surface area contributed by atoms with Crippen LogP contribution in [0.4, 0.5) is 5.82 Å². The highest BCUT2D eigenvalue weighted by Crippen LogP contribution is 2.25. The Balaban J connectivity index is 1.47. The molecular formula is C23H29N5O. The maximum Gasteiger partial charge on any atom is 0.222 e. The molecule has 1 amide bonds. The molecule has 1 atom stereocenters. The molecule has 0 radical (unpaired) electrons. The molecule has 3 heterocycles. The number of carbonyl (C=O) groups is 1. The van der Waals surface area contributed by atoms with Crippen LogP contribution < -0.4 is 5.32 Å². The van der Waals surface area contributed by atoms with Crippen molar-refractivity contribution in [1.29, 1.82) is 0 Å². The van der Waals surface area contributed by atoms with E-state index in [1.54, 1.807) is 0 Å². The van der Waals surface area contributed by atoms with E-state index in [9.17, 15) is 4.79 Å². The summed E-state index contributed by atoms with van der Waals surface area (Å²) in [6.45, 7) is 8.19. The smallest absolute Gasteiger partial charge is 0.222 e. The second-order valence-corrected chi connectivity index (χ2v) is 8.97. The first-order valence-corrected chi connectivity index (χ1v) is 10.3. The van der Waals surface area contributed by atoms with Gasteiger partial charge in [0.05, 0.1) is 11.9 Å². The minimum Gasteiger partial charge on any atom is -0.367 e. The van der Waals surface area contributed by atoms with E-state index in [1.165, 1.54) is 0 Å². The number of amides is 1. The van der Waals surface area contributed by atoms with Crippen LogP contribution in [0.1, 0.15) is 40.0 Å². The lowest BCUT2D eigenvalue weighted by molar-refractivity contribution is -0.129. The van der Waals surface area contributed by atoms with E-state index in [0.717, 1.165) is 42.1 Å². The van der Waals surface area contributed by atoms with Gasteiger partial charge in [0, 0.05) is 31.1 Å². The SMILES string of the molecule is CC(C)(C)CCN1C(=O)CC[C@H]1CNc1ccc2ncc(-c3ccccc3)n2n1. The van der Waals surface area contributed by atoms with Gasteiger partial charge in [0.15, 0.2) is 5.65 Å². The number of imidazole rings is 1. The average Bonchev–Trinajstić information content (AvgIpc) is 3.27. The Morgan fingerprint density at radius 3 is 2.69 bits per heavy atom. The fraction of sp³-hybridized carbons (Fsp3) is 0.435. The number of likely N-dealkylation sites (tertiary alicyclic amines) is 1. The minimum absolute atomic E-state index is 0.221. The maximum atomic E-state index is 12.3. The molecule has 6 nitrogen and oxygen atoms in total. The molecule has 0 unspecified atom stereocenters. The predicted molar refractivity (Wildman–Crippen MR) is 116 cm³/mol. The Bertz CT molecular complexity index is 989. The Hall–Kier alpha value is -2.89. The van der Waals surface area contributed by atoms with Gasteiger partial charge >= 0.3 is 0 Å². The Morgan fingerprint density at radius 1 is 1.14 bits per heavy atom. The summed E-state index contributed by atoms with van der Waals surface area (Å²) in [6.07, 6.45) is 4.40. The van der Waals surface area contributed by atoms with Crippen LogP contribution in [0, 0.1) is 5.41 Å². The van der Waals surface area contributed by atoms with Crippen molar-refractivity contribution in [3.63, 3.8) is 0 Å². The zero-order chi connectivity index (χ0) is 20.4. The van der Waals surface area contributed by atoms with Crippen molar-refractivity contribution in [2.75, 3.05) is 18.4 Å². The lowest BCUT2D eigenvalue weighted by atomic mass is 9.92. The quantitative estimate of drug-likeness (QED) is 0.683. The van der Waals surface area contributed by atoms with Crippen molar-refractivity contribution >= 4 is 17.4 Å². The van der Waals surface area contributed by atoms with E-state index in [-0.39, 0.29) is 17.4 Å². The maximum absolute atomic E-state index is 12.3. The van der Waals surface area contributed by atoms with Crippen LogP contribution in [0.25, 0.3) is 16.9 Å². The fourth-order valence-corrected chi connectivity index (χ4v) is 3.76. The summed E-state index contributed by atoms with van der Waals surface area (Å²) in [5, 5.41) is 8.18. The lowest BCUT2D eigenvalue weighted by Gasteiger charge is -2.28. The van der Waals surface area contributed by atoms with Crippen molar-refractivity contribution in [2.45, 2.75) is 46.1 Å². The van der Waals surface area contributed by atoms with Crippen LogP contribution in [0.5, 0.6) is 0 Å². The first kappa shape index (κ1) is 19.4. The van der Waals surface area contributed by atoms with Crippen molar-refractivity contribution in [3.05, 3.63) is 48.7 Å². The monoisotopic (exact) mass is 391 g/mol. The van der Waals surface area contributed by atoms with Crippen LogP contribution in [0.3, 0.4) is 0 Å². The number of benzene rings is 1. The molecule has 1 aromatic carbocycles. The van der Waals surface area contributed by atoms with E-state index in [2.05, 4.69) is 43.2 Å². The van der Waals surface area contributed by atoms with E-state index in [4.69, 9.17) is 5.10 Å². The number of fused-ring (bicyclic) bond motifs is 1. The number of nitrogens with one attached hydrogen (secondary N) is 1. The summed E-state index contributed by atoms with van der Waals surface area (Å²) >= 11 is 0. The highest BCUT2D eigenvalue weighted by Gasteiger charge is 2.31. The average molecular weight is 392 g/mol. The van der Waals surface area contributed by atoms with Crippen molar-refractivity contribution in [3.8, 4) is 11.3 Å². The summed E-state index contributed by atoms with van der Waals surface area (Å²) in [7, 11) is 0. The van der Waals surface area contributed by atoms with E-state index >= 15 is 0 Å². The molecule has 1 aliphatic rings. The molecule has 29 heavy (non-hydrogen) atoms. The van der Waals surface area contributed by atoms with Crippen LogP contribution in [0.15, 0.2) is 48.7 Å². The van der Waals surface area contributed by atoms with Crippen molar-refractivity contribution < 1.29 is 4.79 Å². The number of hydrogen-bond acceptors (Lipinski definition) is 4. The number of nitrogens with zero attached hydrogens (tertiary/aromatic N) is 4. The third kappa shape index (κ3) is 4.42. The van der Waals surface area contributed by atoms with Crippen LogP contribution in [-0.4, -0.2) is 44.5 Å². The number of rotatable bonds is 6. The molecule has 1 fully saturated rings. The van der Waals surface area contributed by atoms with E-state index in [0.29, 0.717) is 13.0 Å². The van der Waals surface area contributed by atoms with Crippen LogP contribution >= 0.6 is 0 Å². The summed E-state index contributed by atoms with van der Waals surface area (Å²) < 4.78 is 1.87. The topological polar surface area (TPSA) is 62.5 Å². The summed E-state index contributed by atoms with van der Waals surface area (Å²) in [4.78, 5) is 18.8. The first-order valence-electron chi connectivity index (χ1n) is 10.3. The molecule has 1 saturated heterocycles. The molecule has 2 aromatic heterocycles. The second-order valence-electron chi connectivity index (χ2n) is 8.97. The van der Waals surface area contributed by atoms with Gasteiger partial charge in [-0.3, -0.25) is 4.79 Å². The number of anilines is 1. The third-order valence-electron chi connectivity index (χ3n) is 5.51. The van der Waals surface area contributed by atoms with Gasteiger partial charge in [-0.05, 0) is 30.4 Å². The number of carbonyl (C=O) groups excluding carboxylic acids is 1. The largest absolute Gasteiger partial charge is 0.367 e. The predicted octanol–water partition coefficient (Wildman–Crippen LogP) is 4.24. The summed E-state index contributed by atoms with van der Waals surface area (Å²) in [5.41, 5.74) is 3.09. The van der Waals surface area contributed by atoms with Gasteiger partial charge in [0.2, 0.25) is 5.91 Å². The van der Waals surface area contributed by atoms with Crippen molar-refractivity contribution in [1.82, 2.24) is 19.5 Å². The second kappa shape index (κ2) is 7.85. The van der Waals surface area contributed by atoms with Gasteiger partial charge < -0.3 is 10.2 Å². The number of hydrogen-bond donors (Lipinski definition) is 1. The summed E-state index contributed by atoms with van der Waals surface area (Å²) in [5.74, 6) is 1.06. The zero-order valence-electron chi connectivity index (χ0n) is 17.4. The van der Waals surface area contributed by atoms with Gasteiger partial charge in [-0.1, -0.05) is 51.1 Å². The van der Waals surface area contributed by atoms with Crippen LogP contribution in [-0.2, 0) is 4.79 Å². The first-order chi connectivity index (χ1) is 13.9. The molecule has 0 spiro atoms. The van der Waals surface area contributed by atoms with Gasteiger partial charge in [-0.2, -0.15) is 0 Å². The molecule has 4 rings (SSSR count). The van der Waals surface area contributed by atoms with Crippen LogP contribution in [0.2, 0.25) is 0 Å². The third-order valence-corrected chi connectivity index (χ3v) is 5.51. The summed E-state index contributed by atoms with van der Waals surface area (Å²) in [6, 6.07) is 14.3. The molecule has 0 aliphatic carbocycles. The van der Waals surface area contributed by atoms with E-state index < -0.39 is 0 Å². The molecule has 3 aromatic rings. The molecule has 6 heteroatoms. The highest BCUT2D eigenvalue weighted by molar-refractivity contribution is 5.78. The van der Waals surface area contributed by atoms with E-state index in [1.807, 2.05) is 45.9 Å². The minimum atomic E-state index is 0.221.